The van der Waals surface area contributed by atoms with Gasteiger partial charge in [-0.2, -0.15) is 0 Å². The van der Waals surface area contributed by atoms with E-state index in [-0.39, 0.29) is 5.91 Å². The smallest absolute Gasteiger partial charge is 0.275 e. The van der Waals surface area contributed by atoms with Crippen molar-refractivity contribution in [2.24, 2.45) is 0 Å². The van der Waals surface area contributed by atoms with Crippen LogP contribution in [-0.2, 0) is 0 Å². The zero-order chi connectivity index (χ0) is 14.5. The van der Waals surface area contributed by atoms with E-state index in [2.05, 4.69) is 36.5 Å². The van der Waals surface area contributed by atoms with Crippen LogP contribution in [0.3, 0.4) is 0 Å². The lowest BCUT2D eigenvalue weighted by Crippen LogP contribution is -2.15. The number of nitrogens with zero attached hydrogens (tertiary/aromatic N) is 2. The highest BCUT2D eigenvalue weighted by Gasteiger charge is 2.09. The van der Waals surface area contributed by atoms with Crippen LogP contribution < -0.4 is 10.6 Å². The van der Waals surface area contributed by atoms with Crippen LogP contribution in [0.4, 0.5) is 11.5 Å². The lowest BCUT2D eigenvalue weighted by molar-refractivity contribution is 0.102. The summed E-state index contributed by atoms with van der Waals surface area (Å²) in [6.45, 7) is 4.65. The number of amides is 1. The molecule has 0 bridgehead atoms. The molecule has 2 N–H and O–H groups in total. The van der Waals surface area contributed by atoms with Gasteiger partial charge in [0.15, 0.2) is 0 Å². The molecule has 1 amide bonds. The third kappa shape index (κ3) is 3.54. The van der Waals surface area contributed by atoms with E-state index in [4.69, 9.17) is 0 Å². The first-order valence-corrected chi connectivity index (χ1v) is 7.04. The number of nitrogens with one attached hydrogen (secondary N) is 2. The van der Waals surface area contributed by atoms with Crippen molar-refractivity contribution in [2.75, 3.05) is 17.2 Å². The largest absolute Gasteiger partial charge is 0.385 e. The Morgan fingerprint density at radius 2 is 2.15 bits per heavy atom. The summed E-state index contributed by atoms with van der Waals surface area (Å²) in [6, 6.07) is 7.12. The fourth-order valence-electron chi connectivity index (χ4n) is 1.66. The Labute approximate surface area is 126 Å². The summed E-state index contributed by atoms with van der Waals surface area (Å²) in [4.78, 5) is 20.5. The molecule has 0 atom stereocenters. The van der Waals surface area contributed by atoms with Crippen molar-refractivity contribution in [3.05, 3.63) is 46.3 Å². The second-order valence-electron chi connectivity index (χ2n) is 4.18. The Hall–Kier alpha value is -1.95. The van der Waals surface area contributed by atoms with E-state index in [0.29, 0.717) is 11.5 Å². The average molecular weight is 335 g/mol. The third-order valence-electron chi connectivity index (χ3n) is 2.64. The first-order valence-electron chi connectivity index (χ1n) is 6.24. The maximum atomic E-state index is 12.1. The second-order valence-corrected chi connectivity index (χ2v) is 5.03. The van der Waals surface area contributed by atoms with Crippen LogP contribution in [0.25, 0.3) is 0 Å². The first kappa shape index (κ1) is 14.5. The predicted molar refractivity (Wildman–Crippen MR) is 83.0 cm³/mol. The summed E-state index contributed by atoms with van der Waals surface area (Å²) in [5.41, 5.74) is 2.04. The van der Waals surface area contributed by atoms with Crippen molar-refractivity contribution in [3.8, 4) is 0 Å². The van der Waals surface area contributed by atoms with E-state index >= 15 is 0 Å². The molecule has 0 aliphatic heterocycles. The molecule has 2 heterocycles. The number of carbonyl (C=O) groups is 1. The molecule has 6 heteroatoms. The number of hydrogen-bond donors (Lipinski definition) is 2. The maximum Gasteiger partial charge on any atom is 0.275 e. The van der Waals surface area contributed by atoms with E-state index in [0.717, 1.165) is 22.4 Å². The Kier molecular flexibility index (Phi) is 4.68. The average Bonchev–Trinajstić information content (AvgIpc) is 2.43. The fourth-order valence-corrected chi connectivity index (χ4v) is 1.88. The molecule has 2 aromatic heterocycles. The lowest BCUT2D eigenvalue weighted by Gasteiger charge is -2.07. The SMILES string of the molecule is CCNc1ccnc(C(=O)Nc2ccc(Br)c(C)n2)c1. The van der Waals surface area contributed by atoms with Gasteiger partial charge >= 0.3 is 0 Å². The first-order chi connectivity index (χ1) is 9.60. The molecule has 0 spiro atoms. The minimum atomic E-state index is -0.279. The molecule has 0 saturated carbocycles. The number of hydrogen-bond acceptors (Lipinski definition) is 4. The predicted octanol–water partition coefficient (Wildman–Crippen LogP) is 3.23. The van der Waals surface area contributed by atoms with Gasteiger partial charge in [0.2, 0.25) is 0 Å². The Morgan fingerprint density at radius 1 is 1.35 bits per heavy atom. The van der Waals surface area contributed by atoms with Crippen LogP contribution >= 0.6 is 15.9 Å². The van der Waals surface area contributed by atoms with Crippen molar-refractivity contribution in [1.82, 2.24) is 9.97 Å². The maximum absolute atomic E-state index is 12.1. The van der Waals surface area contributed by atoms with E-state index in [1.807, 2.05) is 26.0 Å². The molecule has 0 fully saturated rings. The molecule has 20 heavy (non-hydrogen) atoms. The van der Waals surface area contributed by atoms with E-state index in [1.165, 1.54) is 0 Å². The normalized spacial score (nSPS) is 10.2. The Bertz CT molecular complexity index is 630. The molecule has 2 aromatic rings. The van der Waals surface area contributed by atoms with Crippen LogP contribution in [0.15, 0.2) is 34.9 Å². The monoisotopic (exact) mass is 334 g/mol. The molecule has 2 rings (SSSR count). The zero-order valence-electron chi connectivity index (χ0n) is 11.3. The Balaban J connectivity index is 2.15. The number of anilines is 2. The fraction of sp³-hybridized carbons (Fsp3) is 0.214. The molecule has 0 unspecified atom stereocenters. The number of pyridine rings is 2. The highest BCUT2D eigenvalue weighted by atomic mass is 79.9. The van der Waals surface area contributed by atoms with Gasteiger partial charge in [0.1, 0.15) is 11.5 Å². The number of aryl methyl sites for hydroxylation is 1. The summed E-state index contributed by atoms with van der Waals surface area (Å²) in [7, 11) is 0. The van der Waals surface area contributed by atoms with Gasteiger partial charge in [-0.15, -0.1) is 0 Å². The van der Waals surface area contributed by atoms with Gasteiger partial charge in [-0.05, 0) is 54.0 Å². The number of rotatable bonds is 4. The molecule has 0 saturated heterocycles. The van der Waals surface area contributed by atoms with Crippen LogP contribution in [0.2, 0.25) is 0 Å². The van der Waals surface area contributed by atoms with Gasteiger partial charge in [-0.3, -0.25) is 9.78 Å². The molecule has 0 aromatic carbocycles. The summed E-state index contributed by atoms with van der Waals surface area (Å²) < 4.78 is 0.905. The van der Waals surface area contributed by atoms with E-state index in [9.17, 15) is 4.79 Å². The quantitative estimate of drug-likeness (QED) is 0.900. The van der Waals surface area contributed by atoms with E-state index < -0.39 is 0 Å². The summed E-state index contributed by atoms with van der Waals surface area (Å²) in [5.74, 6) is 0.227. The highest BCUT2D eigenvalue weighted by molar-refractivity contribution is 9.10. The second kappa shape index (κ2) is 6.47. The van der Waals surface area contributed by atoms with Crippen LogP contribution in [0, 0.1) is 6.92 Å². The van der Waals surface area contributed by atoms with E-state index in [1.54, 1.807) is 18.3 Å². The van der Waals surface area contributed by atoms with Gasteiger partial charge in [-0.25, -0.2) is 4.98 Å². The minimum absolute atomic E-state index is 0.279. The zero-order valence-corrected chi connectivity index (χ0v) is 12.9. The van der Waals surface area contributed by atoms with Crippen molar-refractivity contribution >= 4 is 33.3 Å². The third-order valence-corrected chi connectivity index (χ3v) is 3.47. The molecule has 0 radical (unpaired) electrons. The van der Waals surface area contributed by atoms with Crippen molar-refractivity contribution in [2.45, 2.75) is 13.8 Å². The minimum Gasteiger partial charge on any atom is -0.385 e. The number of aromatic nitrogens is 2. The molecule has 0 aliphatic rings. The summed E-state index contributed by atoms with van der Waals surface area (Å²) in [5, 5.41) is 5.88. The number of halogens is 1. The molecular weight excluding hydrogens is 320 g/mol. The summed E-state index contributed by atoms with van der Waals surface area (Å²) >= 11 is 3.37. The van der Waals surface area contributed by atoms with Crippen molar-refractivity contribution < 1.29 is 4.79 Å². The van der Waals surface area contributed by atoms with Crippen LogP contribution in [0.1, 0.15) is 23.1 Å². The van der Waals surface area contributed by atoms with Gasteiger partial charge in [-0.1, -0.05) is 0 Å². The number of carbonyl (C=O) groups excluding carboxylic acids is 1. The lowest BCUT2D eigenvalue weighted by atomic mass is 10.3. The molecular formula is C14H15BrN4O. The van der Waals surface area contributed by atoms with Gasteiger partial charge in [0.25, 0.3) is 5.91 Å². The van der Waals surface area contributed by atoms with Gasteiger partial charge in [0.05, 0.1) is 5.69 Å². The van der Waals surface area contributed by atoms with Gasteiger partial charge in [0, 0.05) is 22.9 Å². The summed E-state index contributed by atoms with van der Waals surface area (Å²) in [6.07, 6.45) is 1.60. The molecule has 0 aliphatic carbocycles. The van der Waals surface area contributed by atoms with Gasteiger partial charge < -0.3 is 10.6 Å². The van der Waals surface area contributed by atoms with Crippen LogP contribution in [-0.4, -0.2) is 22.4 Å². The molecule has 5 nitrogen and oxygen atoms in total. The topological polar surface area (TPSA) is 66.9 Å². The van der Waals surface area contributed by atoms with Crippen LogP contribution in [0.5, 0.6) is 0 Å². The van der Waals surface area contributed by atoms with Crippen molar-refractivity contribution in [1.29, 1.82) is 0 Å². The Morgan fingerprint density at radius 3 is 2.85 bits per heavy atom. The highest BCUT2D eigenvalue weighted by Crippen LogP contribution is 2.17. The molecule has 104 valence electrons. The standard InChI is InChI=1S/C14H15BrN4O/c1-3-16-10-6-7-17-12(8-10)14(20)19-13-5-4-11(15)9(2)18-13/h4-8H,3H2,1-2H3,(H,16,17)(H,18,19,20). The van der Waals surface area contributed by atoms with Crippen molar-refractivity contribution in [3.63, 3.8) is 0 Å².